The summed E-state index contributed by atoms with van der Waals surface area (Å²) < 4.78 is 26.2. The van der Waals surface area contributed by atoms with Crippen LogP contribution < -0.4 is 0 Å². The number of allylic oxidation sites excluding steroid dienone is 2. The van der Waals surface area contributed by atoms with Crippen LogP contribution in [0.1, 0.15) is 54.4 Å². The summed E-state index contributed by atoms with van der Waals surface area (Å²) in [5, 5.41) is -0.480. The molecule has 0 N–H and O–H groups in total. The lowest BCUT2D eigenvalue weighted by molar-refractivity contribution is -0.159. The number of hydrogen-bond donors (Lipinski definition) is 0. The zero-order valence-electron chi connectivity index (χ0n) is 20.9. The second kappa shape index (κ2) is 11.2. The van der Waals surface area contributed by atoms with Crippen LogP contribution in [-0.2, 0) is 38.1 Å². The molecule has 8 nitrogen and oxygen atoms in total. The van der Waals surface area contributed by atoms with Gasteiger partial charge in [0, 0.05) is 24.7 Å². The molecule has 0 radical (unpaired) electrons. The third kappa shape index (κ3) is 4.73. The van der Waals surface area contributed by atoms with E-state index in [9.17, 15) is 14.4 Å². The Hall–Kier alpha value is -2.00. The van der Waals surface area contributed by atoms with Crippen LogP contribution in [0.3, 0.4) is 0 Å². The van der Waals surface area contributed by atoms with Crippen LogP contribution in [0.15, 0.2) is 23.0 Å². The molecule has 190 valence electrons. The molecule has 9 heteroatoms. The summed E-state index contributed by atoms with van der Waals surface area (Å²) >= 11 is 1.16. The molecule has 0 bridgehead atoms. The van der Waals surface area contributed by atoms with Crippen molar-refractivity contribution in [1.82, 2.24) is 0 Å². The maximum absolute atomic E-state index is 13.3. The van der Waals surface area contributed by atoms with Crippen molar-refractivity contribution < 1.29 is 38.1 Å². The van der Waals surface area contributed by atoms with Crippen molar-refractivity contribution in [2.75, 3.05) is 26.4 Å². The van der Waals surface area contributed by atoms with Crippen molar-refractivity contribution in [3.63, 3.8) is 0 Å². The minimum Gasteiger partial charge on any atom is -0.472 e. The molecular formula is C25H36O8S. The predicted octanol–water partition coefficient (Wildman–Crippen LogP) is 3.79. The molecule has 1 fully saturated rings. The lowest BCUT2D eigenvalue weighted by Crippen LogP contribution is -2.55. The highest BCUT2D eigenvalue weighted by Gasteiger charge is 2.60. The van der Waals surface area contributed by atoms with Crippen molar-refractivity contribution >= 4 is 29.7 Å². The van der Waals surface area contributed by atoms with E-state index in [4.69, 9.17) is 23.7 Å². The van der Waals surface area contributed by atoms with Crippen LogP contribution in [-0.4, -0.2) is 60.6 Å². The Balaban J connectivity index is 2.14. The summed E-state index contributed by atoms with van der Waals surface area (Å²) in [7, 11) is 0. The SMILES string of the molecule is CCOC(=O)[C@H]1[C@@H](C)[C@@H]2C[C@H](OCC)OC=C2C2=C(C)CC(C(=O)OCC)(C(=O)OCC)S[C@@H]21. The minimum atomic E-state index is -1.58. The van der Waals surface area contributed by atoms with Gasteiger partial charge in [-0.25, -0.2) is 9.59 Å². The van der Waals surface area contributed by atoms with Crippen molar-refractivity contribution in [3.05, 3.63) is 23.0 Å². The molecule has 0 aromatic carbocycles. The number of fused-ring (bicyclic) bond motifs is 3. The van der Waals surface area contributed by atoms with Crippen molar-refractivity contribution in [2.45, 2.75) is 70.7 Å². The van der Waals surface area contributed by atoms with Gasteiger partial charge in [0.1, 0.15) is 0 Å². The largest absolute Gasteiger partial charge is 0.472 e. The number of rotatable bonds is 8. The third-order valence-corrected chi connectivity index (χ3v) is 8.40. The first-order valence-corrected chi connectivity index (χ1v) is 13.0. The van der Waals surface area contributed by atoms with E-state index >= 15 is 0 Å². The lowest BCUT2D eigenvalue weighted by atomic mass is 9.64. The standard InChI is InChI=1S/C25H36O8S/c1-7-29-18-11-16-15(6)20(22(26)30-8-2)21-19(17(16)13-33-18)14(5)12-25(34-21,23(27)31-9-3)24(28)32-10-4/h13,15-16,18,20-21H,7-12H2,1-6H3/t15-,16-,18+,20-,21-/m0/s1. The molecule has 0 aromatic heterocycles. The molecule has 2 aliphatic heterocycles. The van der Waals surface area contributed by atoms with Crippen molar-refractivity contribution in [3.8, 4) is 0 Å². The molecule has 0 amide bonds. The maximum atomic E-state index is 13.3. The molecule has 5 atom stereocenters. The molecule has 0 aromatic rings. The van der Waals surface area contributed by atoms with E-state index in [-0.39, 0.29) is 50.3 Å². The summed E-state index contributed by atoms with van der Waals surface area (Å²) in [6, 6.07) is 0. The summed E-state index contributed by atoms with van der Waals surface area (Å²) in [6.45, 7) is 12.1. The van der Waals surface area contributed by atoms with Gasteiger partial charge in [0.05, 0.1) is 32.0 Å². The zero-order chi connectivity index (χ0) is 25.0. The van der Waals surface area contributed by atoms with Crippen LogP contribution in [0.2, 0.25) is 0 Å². The maximum Gasteiger partial charge on any atom is 0.334 e. The Labute approximate surface area is 205 Å². The quantitative estimate of drug-likeness (QED) is 0.282. The molecule has 0 spiro atoms. The first kappa shape index (κ1) is 26.6. The molecule has 2 heterocycles. The van der Waals surface area contributed by atoms with E-state index in [1.807, 2.05) is 20.8 Å². The van der Waals surface area contributed by atoms with Gasteiger partial charge in [-0.2, -0.15) is 0 Å². The van der Waals surface area contributed by atoms with Gasteiger partial charge in [-0.05, 0) is 57.6 Å². The average molecular weight is 497 g/mol. The van der Waals surface area contributed by atoms with Crippen LogP contribution in [0.25, 0.3) is 0 Å². The summed E-state index contributed by atoms with van der Waals surface area (Å²) in [5.41, 5.74) is 2.80. The van der Waals surface area contributed by atoms with Crippen LogP contribution >= 0.6 is 11.8 Å². The van der Waals surface area contributed by atoms with E-state index in [0.717, 1.165) is 28.5 Å². The number of esters is 3. The van der Waals surface area contributed by atoms with Gasteiger partial charge in [-0.1, -0.05) is 12.5 Å². The summed E-state index contributed by atoms with van der Waals surface area (Å²) in [6.07, 6.45) is 2.12. The van der Waals surface area contributed by atoms with E-state index < -0.39 is 27.9 Å². The molecule has 3 rings (SSSR count). The Morgan fingerprint density at radius 3 is 2.21 bits per heavy atom. The fraction of sp³-hybridized carbons (Fsp3) is 0.720. The van der Waals surface area contributed by atoms with E-state index in [2.05, 4.69) is 0 Å². The third-order valence-electron chi connectivity index (χ3n) is 6.74. The number of carbonyl (C=O) groups excluding carboxylic acids is 3. The number of hydrogen-bond acceptors (Lipinski definition) is 9. The minimum absolute atomic E-state index is 0.0270. The summed E-state index contributed by atoms with van der Waals surface area (Å²) in [5.74, 6) is -2.26. The van der Waals surface area contributed by atoms with E-state index in [1.54, 1.807) is 27.0 Å². The number of carbonyl (C=O) groups is 3. The molecule has 1 saturated carbocycles. The highest BCUT2D eigenvalue weighted by Crippen LogP contribution is 2.58. The summed E-state index contributed by atoms with van der Waals surface area (Å²) in [4.78, 5) is 39.7. The molecule has 34 heavy (non-hydrogen) atoms. The van der Waals surface area contributed by atoms with Gasteiger partial charge in [-0.3, -0.25) is 4.79 Å². The normalized spacial score (nSPS) is 29.7. The molecule has 0 unspecified atom stereocenters. The van der Waals surface area contributed by atoms with Gasteiger partial charge in [0.2, 0.25) is 4.75 Å². The van der Waals surface area contributed by atoms with Crippen LogP contribution in [0.4, 0.5) is 0 Å². The van der Waals surface area contributed by atoms with Gasteiger partial charge < -0.3 is 23.7 Å². The fourth-order valence-electron chi connectivity index (χ4n) is 5.30. The van der Waals surface area contributed by atoms with Gasteiger partial charge in [-0.15, -0.1) is 11.8 Å². The Kier molecular flexibility index (Phi) is 8.73. The topological polar surface area (TPSA) is 97.4 Å². The Morgan fingerprint density at radius 2 is 1.65 bits per heavy atom. The van der Waals surface area contributed by atoms with Gasteiger partial charge in [0.15, 0.2) is 6.29 Å². The van der Waals surface area contributed by atoms with E-state index in [1.165, 1.54) is 0 Å². The number of thioether (sulfide) groups is 1. The first-order chi connectivity index (χ1) is 16.2. The fourth-order valence-corrected chi connectivity index (χ4v) is 7.30. The van der Waals surface area contributed by atoms with Crippen LogP contribution in [0.5, 0.6) is 0 Å². The second-order valence-electron chi connectivity index (χ2n) is 8.75. The zero-order valence-corrected chi connectivity index (χ0v) is 21.7. The highest BCUT2D eigenvalue weighted by atomic mass is 32.2. The second-order valence-corrected chi connectivity index (χ2v) is 10.2. The lowest BCUT2D eigenvalue weighted by Gasteiger charge is -2.50. The van der Waals surface area contributed by atoms with Gasteiger partial charge in [0.25, 0.3) is 0 Å². The Morgan fingerprint density at radius 1 is 1.03 bits per heavy atom. The Bertz CT molecular complexity index is 845. The number of ether oxygens (including phenoxy) is 5. The molecule has 1 aliphatic carbocycles. The molecule has 0 saturated heterocycles. The van der Waals surface area contributed by atoms with Gasteiger partial charge >= 0.3 is 17.9 Å². The van der Waals surface area contributed by atoms with Crippen molar-refractivity contribution in [2.24, 2.45) is 17.8 Å². The first-order valence-electron chi connectivity index (χ1n) is 12.1. The smallest absolute Gasteiger partial charge is 0.334 e. The monoisotopic (exact) mass is 496 g/mol. The molecule has 3 aliphatic rings. The van der Waals surface area contributed by atoms with Crippen LogP contribution in [0, 0.1) is 17.8 Å². The van der Waals surface area contributed by atoms with E-state index in [0.29, 0.717) is 13.0 Å². The predicted molar refractivity (Wildman–Crippen MR) is 127 cm³/mol. The molecular weight excluding hydrogens is 460 g/mol. The average Bonchev–Trinajstić information content (AvgIpc) is 2.79. The highest BCUT2D eigenvalue weighted by molar-refractivity contribution is 8.03. The van der Waals surface area contributed by atoms with Crippen molar-refractivity contribution in [1.29, 1.82) is 0 Å².